The second kappa shape index (κ2) is 6.66. The van der Waals surface area contributed by atoms with Crippen molar-refractivity contribution in [1.29, 1.82) is 0 Å². The van der Waals surface area contributed by atoms with Gasteiger partial charge in [0, 0.05) is 32.0 Å². The van der Waals surface area contributed by atoms with Gasteiger partial charge in [0.05, 0.1) is 17.7 Å². The molecule has 6 heteroatoms. The summed E-state index contributed by atoms with van der Waals surface area (Å²) in [5.74, 6) is 1.74. The van der Waals surface area contributed by atoms with Crippen molar-refractivity contribution in [3.05, 3.63) is 22.2 Å². The van der Waals surface area contributed by atoms with E-state index in [1.807, 2.05) is 12.1 Å². The Bertz CT molecular complexity index is 536. The zero-order valence-electron chi connectivity index (χ0n) is 11.8. The first kappa shape index (κ1) is 14.7. The number of hydrogen-bond acceptors (Lipinski definition) is 4. The van der Waals surface area contributed by atoms with Crippen molar-refractivity contribution in [3.8, 4) is 11.5 Å². The van der Waals surface area contributed by atoms with Gasteiger partial charge in [0.2, 0.25) is 5.91 Å². The summed E-state index contributed by atoms with van der Waals surface area (Å²) in [6, 6.07) is 4.32. The van der Waals surface area contributed by atoms with E-state index < -0.39 is 0 Å². The molecule has 0 aromatic heterocycles. The van der Waals surface area contributed by atoms with Crippen LogP contribution in [0, 0.1) is 0 Å². The molecule has 0 radical (unpaired) electrons. The standard InChI is InChI=1S/C15H19BrN2O3/c16-12-6-10(7-13-15(12)21-5-1-4-20-13)8-17-9-11-2-3-14(19)18-11/h6-7,11,17H,1-5,8-9H2,(H,18,19). The number of carbonyl (C=O) groups excluding carboxylic acids is 1. The van der Waals surface area contributed by atoms with Crippen LogP contribution in [0.15, 0.2) is 16.6 Å². The number of benzene rings is 1. The Kier molecular flexibility index (Phi) is 4.65. The zero-order valence-corrected chi connectivity index (χ0v) is 13.4. The molecule has 3 rings (SSSR count). The number of nitrogens with one attached hydrogen (secondary N) is 2. The molecule has 2 aliphatic rings. The van der Waals surface area contributed by atoms with E-state index >= 15 is 0 Å². The van der Waals surface area contributed by atoms with Crippen LogP contribution in [0.5, 0.6) is 11.5 Å². The summed E-state index contributed by atoms with van der Waals surface area (Å²) in [5, 5.41) is 6.34. The Morgan fingerprint density at radius 3 is 3.00 bits per heavy atom. The van der Waals surface area contributed by atoms with Crippen molar-refractivity contribution < 1.29 is 14.3 Å². The molecule has 1 unspecified atom stereocenters. The Morgan fingerprint density at radius 2 is 2.19 bits per heavy atom. The van der Waals surface area contributed by atoms with Crippen molar-refractivity contribution in [1.82, 2.24) is 10.6 Å². The molecule has 1 atom stereocenters. The second-order valence-corrected chi connectivity index (χ2v) is 6.24. The number of carbonyl (C=O) groups is 1. The van der Waals surface area contributed by atoms with Crippen LogP contribution in [0.4, 0.5) is 0 Å². The Hall–Kier alpha value is -1.27. The second-order valence-electron chi connectivity index (χ2n) is 5.39. The number of halogens is 1. The normalized spacial score (nSPS) is 21.0. The fourth-order valence-electron chi connectivity index (χ4n) is 2.61. The van der Waals surface area contributed by atoms with Gasteiger partial charge in [-0.2, -0.15) is 0 Å². The van der Waals surface area contributed by atoms with Crippen LogP contribution < -0.4 is 20.1 Å². The molecule has 21 heavy (non-hydrogen) atoms. The van der Waals surface area contributed by atoms with Crippen molar-refractivity contribution in [2.45, 2.75) is 31.8 Å². The number of rotatable bonds is 4. The van der Waals surface area contributed by atoms with Crippen LogP contribution in [0.2, 0.25) is 0 Å². The summed E-state index contributed by atoms with van der Waals surface area (Å²) < 4.78 is 12.3. The van der Waals surface area contributed by atoms with E-state index in [2.05, 4.69) is 26.6 Å². The van der Waals surface area contributed by atoms with Gasteiger partial charge in [-0.1, -0.05) is 0 Å². The molecule has 0 saturated carbocycles. The minimum absolute atomic E-state index is 0.153. The largest absolute Gasteiger partial charge is 0.490 e. The molecule has 1 fully saturated rings. The molecule has 0 bridgehead atoms. The molecule has 5 nitrogen and oxygen atoms in total. The number of fused-ring (bicyclic) bond motifs is 1. The van der Waals surface area contributed by atoms with E-state index in [1.165, 1.54) is 0 Å². The monoisotopic (exact) mass is 354 g/mol. The lowest BCUT2D eigenvalue weighted by Crippen LogP contribution is -2.35. The van der Waals surface area contributed by atoms with Gasteiger partial charge in [-0.05, 0) is 40.0 Å². The number of hydrogen-bond donors (Lipinski definition) is 2. The number of ether oxygens (including phenoxy) is 2. The van der Waals surface area contributed by atoms with Gasteiger partial charge in [0.1, 0.15) is 0 Å². The first-order chi connectivity index (χ1) is 10.2. The molecular formula is C15H19BrN2O3. The minimum Gasteiger partial charge on any atom is -0.490 e. The molecular weight excluding hydrogens is 336 g/mol. The molecule has 2 heterocycles. The highest BCUT2D eigenvalue weighted by Gasteiger charge is 2.20. The summed E-state index contributed by atoms with van der Waals surface area (Å²) >= 11 is 3.54. The summed E-state index contributed by atoms with van der Waals surface area (Å²) in [7, 11) is 0. The van der Waals surface area contributed by atoms with E-state index in [1.54, 1.807) is 0 Å². The Balaban J connectivity index is 1.59. The zero-order chi connectivity index (χ0) is 14.7. The van der Waals surface area contributed by atoms with Crippen molar-refractivity contribution >= 4 is 21.8 Å². The molecule has 0 spiro atoms. The van der Waals surface area contributed by atoms with E-state index in [9.17, 15) is 4.79 Å². The third-order valence-corrected chi connectivity index (χ3v) is 4.26. The predicted molar refractivity (Wildman–Crippen MR) is 82.6 cm³/mol. The molecule has 2 aliphatic heterocycles. The lowest BCUT2D eigenvalue weighted by molar-refractivity contribution is -0.119. The average molecular weight is 355 g/mol. The molecule has 2 N–H and O–H groups in total. The van der Waals surface area contributed by atoms with Gasteiger partial charge in [0.15, 0.2) is 11.5 Å². The average Bonchev–Trinajstić information content (AvgIpc) is 2.73. The highest BCUT2D eigenvalue weighted by molar-refractivity contribution is 9.10. The summed E-state index contributed by atoms with van der Waals surface area (Å²) in [5.41, 5.74) is 1.13. The minimum atomic E-state index is 0.153. The van der Waals surface area contributed by atoms with Gasteiger partial charge in [-0.3, -0.25) is 4.79 Å². The topological polar surface area (TPSA) is 59.6 Å². The highest BCUT2D eigenvalue weighted by Crippen LogP contribution is 2.38. The van der Waals surface area contributed by atoms with Crippen molar-refractivity contribution in [2.24, 2.45) is 0 Å². The van der Waals surface area contributed by atoms with E-state index in [0.717, 1.165) is 47.5 Å². The lowest BCUT2D eigenvalue weighted by atomic mass is 10.2. The maximum atomic E-state index is 11.1. The van der Waals surface area contributed by atoms with Crippen LogP contribution in [0.3, 0.4) is 0 Å². The van der Waals surface area contributed by atoms with E-state index in [0.29, 0.717) is 19.6 Å². The Labute approximate surface area is 132 Å². The quantitative estimate of drug-likeness (QED) is 0.867. The third-order valence-electron chi connectivity index (χ3n) is 3.67. The number of amides is 1. The van der Waals surface area contributed by atoms with E-state index in [-0.39, 0.29) is 11.9 Å². The lowest BCUT2D eigenvalue weighted by Gasteiger charge is -2.14. The Morgan fingerprint density at radius 1 is 1.33 bits per heavy atom. The fourth-order valence-corrected chi connectivity index (χ4v) is 3.21. The van der Waals surface area contributed by atoms with Crippen LogP contribution in [0.1, 0.15) is 24.8 Å². The fraction of sp³-hybridized carbons (Fsp3) is 0.533. The van der Waals surface area contributed by atoms with Gasteiger partial charge in [-0.15, -0.1) is 0 Å². The smallest absolute Gasteiger partial charge is 0.220 e. The molecule has 1 saturated heterocycles. The molecule has 1 aromatic rings. The summed E-state index contributed by atoms with van der Waals surface area (Å²) in [6.07, 6.45) is 2.45. The summed E-state index contributed by atoms with van der Waals surface area (Å²) in [4.78, 5) is 11.1. The van der Waals surface area contributed by atoms with Crippen LogP contribution in [-0.2, 0) is 11.3 Å². The van der Waals surface area contributed by atoms with Crippen LogP contribution in [-0.4, -0.2) is 31.7 Å². The van der Waals surface area contributed by atoms with E-state index in [4.69, 9.17) is 9.47 Å². The summed E-state index contributed by atoms with van der Waals surface area (Å²) in [6.45, 7) is 2.90. The SMILES string of the molecule is O=C1CCC(CNCc2cc(Br)c3c(c2)OCCCO3)N1. The molecule has 0 aliphatic carbocycles. The molecule has 1 aromatic carbocycles. The van der Waals surface area contributed by atoms with Gasteiger partial charge >= 0.3 is 0 Å². The molecule has 114 valence electrons. The van der Waals surface area contributed by atoms with Gasteiger partial charge in [0.25, 0.3) is 0 Å². The van der Waals surface area contributed by atoms with Crippen LogP contribution in [0.25, 0.3) is 0 Å². The maximum absolute atomic E-state index is 11.1. The first-order valence-corrected chi connectivity index (χ1v) is 8.10. The van der Waals surface area contributed by atoms with Gasteiger partial charge in [-0.25, -0.2) is 0 Å². The molecule has 1 amide bonds. The maximum Gasteiger partial charge on any atom is 0.220 e. The van der Waals surface area contributed by atoms with Crippen molar-refractivity contribution in [3.63, 3.8) is 0 Å². The third kappa shape index (κ3) is 3.68. The predicted octanol–water partition coefficient (Wildman–Crippen LogP) is 1.98. The highest BCUT2D eigenvalue weighted by atomic mass is 79.9. The van der Waals surface area contributed by atoms with Crippen LogP contribution >= 0.6 is 15.9 Å². The first-order valence-electron chi connectivity index (χ1n) is 7.30. The van der Waals surface area contributed by atoms with Gasteiger partial charge < -0.3 is 20.1 Å². The van der Waals surface area contributed by atoms with Crippen molar-refractivity contribution in [2.75, 3.05) is 19.8 Å².